The fraction of sp³-hybridized carbons (Fsp3) is 0.250. The molecule has 0 radical (unpaired) electrons. The summed E-state index contributed by atoms with van der Waals surface area (Å²) in [5.74, 6) is -2.12. The fourth-order valence-corrected chi connectivity index (χ4v) is 4.67. The van der Waals surface area contributed by atoms with Gasteiger partial charge in [-0.1, -0.05) is 42.5 Å². The molecular weight excluding hydrogens is 332 g/mol. The van der Waals surface area contributed by atoms with Gasteiger partial charge >= 0.3 is 0 Å². The van der Waals surface area contributed by atoms with E-state index >= 15 is 0 Å². The van der Waals surface area contributed by atoms with Crippen LogP contribution >= 0.6 is 0 Å². The summed E-state index contributed by atoms with van der Waals surface area (Å²) >= 11 is 0. The number of para-hydroxylation sites is 1. The molecule has 2 aromatic carbocycles. The summed E-state index contributed by atoms with van der Waals surface area (Å²) in [6.45, 7) is 0. The van der Waals surface area contributed by atoms with Gasteiger partial charge in [0.05, 0.1) is 30.7 Å². The molecule has 130 valence electrons. The van der Waals surface area contributed by atoms with E-state index in [0.717, 1.165) is 5.56 Å². The Morgan fingerprint density at radius 1 is 0.808 bits per heavy atom. The van der Waals surface area contributed by atoms with Crippen molar-refractivity contribution in [1.29, 1.82) is 0 Å². The highest BCUT2D eigenvalue weighted by atomic mass is 16.7. The maximum Gasteiger partial charge on any atom is 0.239 e. The molecule has 0 unspecified atom stereocenters. The maximum atomic E-state index is 13.2. The zero-order valence-corrected chi connectivity index (χ0v) is 14.0. The predicted molar refractivity (Wildman–Crippen MR) is 92.1 cm³/mol. The van der Waals surface area contributed by atoms with E-state index < -0.39 is 23.9 Å². The Labute approximate surface area is 149 Å². The lowest BCUT2D eigenvalue weighted by Crippen LogP contribution is -2.48. The second-order valence-electron chi connectivity index (χ2n) is 6.78. The van der Waals surface area contributed by atoms with Gasteiger partial charge in [-0.2, -0.15) is 5.06 Å². The van der Waals surface area contributed by atoms with E-state index in [9.17, 15) is 14.4 Å². The summed E-state index contributed by atoms with van der Waals surface area (Å²) in [4.78, 5) is 46.2. The van der Waals surface area contributed by atoms with Crippen molar-refractivity contribution in [2.75, 3.05) is 12.0 Å². The third-order valence-electron chi connectivity index (χ3n) is 5.67. The molecule has 2 saturated heterocycles. The average molecular weight is 348 g/mol. The molecule has 3 heterocycles. The highest BCUT2D eigenvalue weighted by molar-refractivity contribution is 6.25. The minimum atomic E-state index is -0.768. The quantitative estimate of drug-likeness (QED) is 0.777. The van der Waals surface area contributed by atoms with E-state index in [1.807, 2.05) is 18.2 Å². The molecule has 26 heavy (non-hydrogen) atoms. The molecule has 2 fully saturated rings. The Kier molecular flexibility index (Phi) is 3.16. The molecule has 2 amide bonds. The maximum absolute atomic E-state index is 13.2. The van der Waals surface area contributed by atoms with Gasteiger partial charge in [-0.05, 0) is 17.7 Å². The van der Waals surface area contributed by atoms with Gasteiger partial charge in [0.2, 0.25) is 11.8 Å². The Morgan fingerprint density at radius 2 is 1.42 bits per heavy atom. The van der Waals surface area contributed by atoms with Gasteiger partial charge in [-0.15, -0.1) is 0 Å². The Bertz CT molecular complexity index is 942. The first kappa shape index (κ1) is 15.4. The lowest BCUT2D eigenvalue weighted by Gasteiger charge is -2.35. The summed E-state index contributed by atoms with van der Waals surface area (Å²) in [5.41, 5.74) is 1.87. The van der Waals surface area contributed by atoms with Crippen LogP contribution < -0.4 is 4.90 Å². The molecule has 0 aliphatic carbocycles. The topological polar surface area (TPSA) is 66.9 Å². The largest absolute Gasteiger partial charge is 0.301 e. The molecule has 0 spiro atoms. The molecule has 2 aromatic rings. The zero-order chi connectivity index (χ0) is 18.0. The van der Waals surface area contributed by atoms with Gasteiger partial charge in [-0.25, -0.2) is 4.90 Å². The standard InChI is InChI=1S/C20H16N2O4/c1-26-22-16-12-9-5-6-10-13(12)18(23)17(22)15-14(16)19(24)21(20(15)25)11-7-3-2-4-8-11/h2-10,14-17H,1H3/t14-,15+,16+,17+/m0/s1. The summed E-state index contributed by atoms with van der Waals surface area (Å²) in [6.07, 6.45) is 0. The van der Waals surface area contributed by atoms with Gasteiger partial charge < -0.3 is 4.84 Å². The molecule has 5 rings (SSSR count). The number of hydrogen-bond acceptors (Lipinski definition) is 5. The second-order valence-corrected chi connectivity index (χ2v) is 6.78. The number of imide groups is 1. The molecule has 2 bridgehead atoms. The van der Waals surface area contributed by atoms with Crippen LogP contribution in [0.5, 0.6) is 0 Å². The normalized spacial score (nSPS) is 29.9. The predicted octanol–water partition coefficient (Wildman–Crippen LogP) is 1.98. The SMILES string of the molecule is CON1[C@@H]2c3ccccc3C(=O)[C@H]1[C@@H]1C(=O)N(c3ccccc3)C(=O)[C@@H]12. The fourth-order valence-electron chi connectivity index (χ4n) is 4.67. The molecule has 3 aliphatic rings. The number of nitrogens with zero attached hydrogens (tertiary/aromatic N) is 2. The van der Waals surface area contributed by atoms with E-state index in [1.54, 1.807) is 36.4 Å². The average Bonchev–Trinajstić information content (AvgIpc) is 3.10. The van der Waals surface area contributed by atoms with Crippen molar-refractivity contribution in [2.24, 2.45) is 11.8 Å². The lowest BCUT2D eigenvalue weighted by atomic mass is 9.89. The van der Waals surface area contributed by atoms with Crippen LogP contribution in [0.2, 0.25) is 0 Å². The van der Waals surface area contributed by atoms with Crippen molar-refractivity contribution in [3.63, 3.8) is 0 Å². The number of Topliss-reactive ketones (excluding diaryl/α,β-unsaturated/α-hetero) is 1. The minimum absolute atomic E-state index is 0.165. The minimum Gasteiger partial charge on any atom is -0.301 e. The third-order valence-corrected chi connectivity index (χ3v) is 5.67. The number of fused-ring (bicyclic) bond motifs is 7. The first-order chi connectivity index (χ1) is 12.6. The van der Waals surface area contributed by atoms with Gasteiger partial charge in [0, 0.05) is 5.56 Å². The van der Waals surface area contributed by atoms with Crippen LogP contribution in [0.15, 0.2) is 54.6 Å². The highest BCUT2D eigenvalue weighted by Gasteiger charge is 2.67. The molecule has 6 heteroatoms. The first-order valence-electron chi connectivity index (χ1n) is 8.53. The van der Waals surface area contributed by atoms with Crippen LogP contribution in [0.25, 0.3) is 0 Å². The van der Waals surface area contributed by atoms with Crippen LogP contribution in [0.4, 0.5) is 5.69 Å². The van der Waals surface area contributed by atoms with E-state index in [4.69, 9.17) is 4.84 Å². The molecule has 0 saturated carbocycles. The van der Waals surface area contributed by atoms with E-state index in [1.165, 1.54) is 17.1 Å². The molecule has 0 aromatic heterocycles. The van der Waals surface area contributed by atoms with Crippen molar-refractivity contribution in [3.8, 4) is 0 Å². The molecule has 3 aliphatic heterocycles. The van der Waals surface area contributed by atoms with Gasteiger partial charge in [0.25, 0.3) is 0 Å². The Balaban J connectivity index is 1.68. The van der Waals surface area contributed by atoms with Crippen LogP contribution in [-0.4, -0.2) is 35.8 Å². The van der Waals surface area contributed by atoms with Crippen LogP contribution in [0.3, 0.4) is 0 Å². The van der Waals surface area contributed by atoms with Gasteiger partial charge in [-0.3, -0.25) is 14.4 Å². The number of carbonyl (C=O) groups is 3. The van der Waals surface area contributed by atoms with Crippen LogP contribution in [0.1, 0.15) is 22.0 Å². The van der Waals surface area contributed by atoms with Crippen LogP contribution in [-0.2, 0) is 14.4 Å². The van der Waals surface area contributed by atoms with E-state index in [0.29, 0.717) is 11.3 Å². The molecule has 4 atom stereocenters. The number of carbonyl (C=O) groups excluding carboxylic acids is 3. The van der Waals surface area contributed by atoms with Gasteiger partial charge in [0.1, 0.15) is 6.04 Å². The number of benzene rings is 2. The summed E-state index contributed by atoms with van der Waals surface area (Å²) < 4.78 is 0. The molecule has 0 N–H and O–H groups in total. The number of rotatable bonds is 2. The monoisotopic (exact) mass is 348 g/mol. The second kappa shape index (κ2) is 5.33. The smallest absolute Gasteiger partial charge is 0.239 e. The summed E-state index contributed by atoms with van der Waals surface area (Å²) in [7, 11) is 1.48. The van der Waals surface area contributed by atoms with Crippen molar-refractivity contribution in [3.05, 3.63) is 65.7 Å². The Morgan fingerprint density at radius 3 is 2.12 bits per heavy atom. The number of anilines is 1. The Hall–Kier alpha value is -2.83. The van der Waals surface area contributed by atoms with Crippen molar-refractivity contribution >= 4 is 23.3 Å². The number of ketones is 1. The first-order valence-corrected chi connectivity index (χ1v) is 8.53. The number of amides is 2. The van der Waals surface area contributed by atoms with Crippen LogP contribution in [0, 0.1) is 11.8 Å². The summed E-state index contributed by atoms with van der Waals surface area (Å²) in [6, 6.07) is 14.9. The van der Waals surface area contributed by atoms with Crippen molar-refractivity contribution < 1.29 is 19.2 Å². The highest BCUT2D eigenvalue weighted by Crippen LogP contribution is 2.54. The van der Waals surface area contributed by atoms with Crippen molar-refractivity contribution in [1.82, 2.24) is 5.06 Å². The molecule has 6 nitrogen and oxygen atoms in total. The van der Waals surface area contributed by atoms with Gasteiger partial charge in [0.15, 0.2) is 5.78 Å². The molecular formula is C20H16N2O4. The number of hydroxylamine groups is 2. The summed E-state index contributed by atoms with van der Waals surface area (Å²) in [5, 5.41) is 1.54. The lowest BCUT2D eigenvalue weighted by molar-refractivity contribution is -0.172. The third kappa shape index (κ3) is 1.75. The van der Waals surface area contributed by atoms with E-state index in [2.05, 4.69) is 0 Å². The number of hydrogen-bond donors (Lipinski definition) is 0. The zero-order valence-electron chi connectivity index (χ0n) is 14.0. The van der Waals surface area contributed by atoms with Crippen molar-refractivity contribution in [2.45, 2.75) is 12.1 Å². The van der Waals surface area contributed by atoms with E-state index in [-0.39, 0.29) is 17.6 Å².